The van der Waals surface area contributed by atoms with E-state index in [4.69, 9.17) is 5.73 Å². The molecule has 120 valence electrons. The monoisotopic (exact) mass is 330 g/mol. The van der Waals surface area contributed by atoms with Crippen LogP contribution in [0.4, 0.5) is 0 Å². The number of thiophene rings is 1. The number of nitrogens with two attached hydrogens (primary N) is 1. The fourth-order valence-corrected chi connectivity index (χ4v) is 4.14. The van der Waals surface area contributed by atoms with Crippen LogP contribution in [0.5, 0.6) is 0 Å². The molecule has 1 saturated carbocycles. The summed E-state index contributed by atoms with van der Waals surface area (Å²) in [5, 5.41) is 3.17. The Morgan fingerprint density at radius 1 is 1.43 bits per heavy atom. The molecular weight excluding hydrogens is 304 g/mol. The van der Waals surface area contributed by atoms with Gasteiger partial charge in [-0.05, 0) is 63.6 Å². The van der Waals surface area contributed by atoms with Gasteiger partial charge in [-0.1, -0.05) is 6.42 Å². The number of carbonyl (C=O) groups excluding carboxylic acids is 1. The second-order valence-corrected chi connectivity index (χ2v) is 7.35. The summed E-state index contributed by atoms with van der Waals surface area (Å²) < 4.78 is 0. The number of carbonyl (C=O) groups is 1. The minimum Gasteiger partial charge on any atom is -0.353 e. The van der Waals surface area contributed by atoms with Gasteiger partial charge in [0.15, 0.2) is 0 Å². The molecule has 0 aliphatic heterocycles. The molecule has 0 bridgehead atoms. The van der Waals surface area contributed by atoms with E-state index in [9.17, 15) is 4.79 Å². The summed E-state index contributed by atoms with van der Waals surface area (Å²) in [7, 11) is 0. The zero-order valence-corrected chi connectivity index (χ0v) is 14.6. The van der Waals surface area contributed by atoms with Gasteiger partial charge in [-0.3, -0.25) is 4.79 Å². The van der Waals surface area contributed by atoms with Crippen molar-refractivity contribution in [3.05, 3.63) is 21.4 Å². The molecule has 2 unspecified atom stereocenters. The Labute approximate surface area is 138 Å². The van der Waals surface area contributed by atoms with Crippen molar-refractivity contribution in [1.29, 1.82) is 0 Å². The molecule has 0 radical (unpaired) electrons. The Balaban J connectivity index is 0.00000220. The predicted octanol–water partition coefficient (Wildman–Crippen LogP) is 3.35. The number of aryl methyl sites for hydroxylation is 3. The van der Waals surface area contributed by atoms with Crippen LogP contribution in [0.15, 0.2) is 6.07 Å². The molecule has 1 aromatic rings. The minimum absolute atomic E-state index is 0. The molecule has 1 heterocycles. The van der Waals surface area contributed by atoms with Crippen LogP contribution >= 0.6 is 23.7 Å². The maximum Gasteiger partial charge on any atom is 0.220 e. The number of hydrogen-bond acceptors (Lipinski definition) is 3. The van der Waals surface area contributed by atoms with Gasteiger partial charge in [0.05, 0.1) is 0 Å². The van der Waals surface area contributed by atoms with Crippen LogP contribution in [0.3, 0.4) is 0 Å². The Kier molecular flexibility index (Phi) is 7.71. The van der Waals surface area contributed by atoms with Gasteiger partial charge >= 0.3 is 0 Å². The fraction of sp³-hybridized carbons (Fsp3) is 0.688. The first-order valence-electron chi connectivity index (χ1n) is 7.65. The molecular formula is C16H27ClN2OS. The van der Waals surface area contributed by atoms with Crippen LogP contribution in [0.25, 0.3) is 0 Å². The van der Waals surface area contributed by atoms with Crippen LogP contribution in [0, 0.1) is 19.8 Å². The van der Waals surface area contributed by atoms with E-state index in [1.54, 1.807) is 0 Å². The summed E-state index contributed by atoms with van der Waals surface area (Å²) in [6, 6.07) is 2.57. The fourth-order valence-electron chi connectivity index (χ4n) is 3.16. The van der Waals surface area contributed by atoms with E-state index >= 15 is 0 Å². The largest absolute Gasteiger partial charge is 0.353 e. The zero-order chi connectivity index (χ0) is 14.5. The summed E-state index contributed by atoms with van der Waals surface area (Å²) in [4.78, 5) is 14.7. The molecule has 2 atom stereocenters. The van der Waals surface area contributed by atoms with E-state index in [1.807, 2.05) is 11.3 Å². The van der Waals surface area contributed by atoms with E-state index in [-0.39, 0.29) is 18.3 Å². The molecule has 1 aliphatic carbocycles. The van der Waals surface area contributed by atoms with Gasteiger partial charge in [0, 0.05) is 22.2 Å². The van der Waals surface area contributed by atoms with Gasteiger partial charge in [-0.25, -0.2) is 0 Å². The standard InChI is InChI=1S/C16H26N2OS.ClH/c1-11-9-13(12(2)20-11)5-4-8-16(19)18-15-7-3-6-14(15)10-17;/h9,14-15H,3-8,10,17H2,1-2H3,(H,18,19);1H. The van der Waals surface area contributed by atoms with E-state index in [0.717, 1.165) is 25.7 Å². The van der Waals surface area contributed by atoms with Gasteiger partial charge in [0.25, 0.3) is 0 Å². The number of nitrogens with one attached hydrogen (secondary N) is 1. The maximum absolute atomic E-state index is 12.0. The first-order valence-corrected chi connectivity index (χ1v) is 8.47. The molecule has 1 fully saturated rings. The van der Waals surface area contributed by atoms with Crippen LogP contribution in [-0.2, 0) is 11.2 Å². The van der Waals surface area contributed by atoms with E-state index in [1.165, 1.54) is 21.7 Å². The van der Waals surface area contributed by atoms with Crippen LogP contribution < -0.4 is 11.1 Å². The second-order valence-electron chi connectivity index (χ2n) is 5.89. The number of hydrogen-bond donors (Lipinski definition) is 2. The Morgan fingerprint density at radius 3 is 2.81 bits per heavy atom. The highest BCUT2D eigenvalue weighted by molar-refractivity contribution is 7.12. The van der Waals surface area contributed by atoms with Gasteiger partial charge in [0.2, 0.25) is 5.91 Å². The minimum atomic E-state index is 0. The molecule has 0 saturated heterocycles. The predicted molar refractivity (Wildman–Crippen MR) is 92.3 cm³/mol. The van der Waals surface area contributed by atoms with Crippen LogP contribution in [-0.4, -0.2) is 18.5 Å². The Hall–Kier alpha value is -0.580. The third-order valence-electron chi connectivity index (χ3n) is 4.30. The van der Waals surface area contributed by atoms with E-state index in [0.29, 0.717) is 24.9 Å². The molecule has 2 rings (SSSR count). The highest BCUT2D eigenvalue weighted by Gasteiger charge is 2.26. The average molecular weight is 331 g/mol. The molecule has 3 N–H and O–H groups in total. The zero-order valence-electron chi connectivity index (χ0n) is 13.0. The SMILES string of the molecule is Cc1cc(CCCC(=O)NC2CCCC2CN)c(C)s1.Cl. The summed E-state index contributed by atoms with van der Waals surface area (Å²) in [6.45, 7) is 5.00. The van der Waals surface area contributed by atoms with Crippen molar-refractivity contribution in [3.63, 3.8) is 0 Å². The lowest BCUT2D eigenvalue weighted by molar-refractivity contribution is -0.122. The van der Waals surface area contributed by atoms with Crippen molar-refractivity contribution in [2.24, 2.45) is 11.7 Å². The third-order valence-corrected chi connectivity index (χ3v) is 5.31. The summed E-state index contributed by atoms with van der Waals surface area (Å²) in [5.74, 6) is 0.681. The second kappa shape index (κ2) is 8.76. The first kappa shape index (κ1) is 18.5. The lowest BCUT2D eigenvalue weighted by Gasteiger charge is -2.19. The van der Waals surface area contributed by atoms with Gasteiger partial charge in [-0.15, -0.1) is 23.7 Å². The van der Waals surface area contributed by atoms with Gasteiger partial charge in [-0.2, -0.15) is 0 Å². The smallest absolute Gasteiger partial charge is 0.220 e. The molecule has 5 heteroatoms. The van der Waals surface area contributed by atoms with Crippen molar-refractivity contribution in [2.45, 2.75) is 58.4 Å². The van der Waals surface area contributed by atoms with Gasteiger partial charge in [0.1, 0.15) is 0 Å². The van der Waals surface area contributed by atoms with Crippen molar-refractivity contribution in [3.8, 4) is 0 Å². The molecule has 1 aliphatic rings. The number of halogens is 1. The normalized spacial score (nSPS) is 21.1. The summed E-state index contributed by atoms with van der Waals surface area (Å²) in [6.07, 6.45) is 6.02. The molecule has 1 amide bonds. The molecule has 21 heavy (non-hydrogen) atoms. The van der Waals surface area contributed by atoms with Crippen molar-refractivity contribution < 1.29 is 4.79 Å². The third kappa shape index (κ3) is 5.28. The Bertz CT molecular complexity index is 461. The number of amides is 1. The maximum atomic E-state index is 12.0. The lowest BCUT2D eigenvalue weighted by Crippen LogP contribution is -2.39. The average Bonchev–Trinajstić information content (AvgIpc) is 2.96. The Morgan fingerprint density at radius 2 is 2.19 bits per heavy atom. The topological polar surface area (TPSA) is 55.1 Å². The summed E-state index contributed by atoms with van der Waals surface area (Å²) in [5.41, 5.74) is 7.15. The highest BCUT2D eigenvalue weighted by Crippen LogP contribution is 2.25. The molecule has 0 spiro atoms. The molecule has 1 aromatic heterocycles. The first-order chi connectivity index (χ1) is 9.60. The number of rotatable bonds is 6. The quantitative estimate of drug-likeness (QED) is 0.840. The molecule has 0 aromatic carbocycles. The van der Waals surface area contributed by atoms with Crippen molar-refractivity contribution in [2.75, 3.05) is 6.54 Å². The van der Waals surface area contributed by atoms with Crippen molar-refractivity contribution in [1.82, 2.24) is 5.32 Å². The van der Waals surface area contributed by atoms with E-state index < -0.39 is 0 Å². The van der Waals surface area contributed by atoms with Crippen LogP contribution in [0.2, 0.25) is 0 Å². The highest BCUT2D eigenvalue weighted by atomic mass is 35.5. The molecule has 3 nitrogen and oxygen atoms in total. The lowest BCUT2D eigenvalue weighted by atomic mass is 10.0. The van der Waals surface area contributed by atoms with Crippen LogP contribution in [0.1, 0.15) is 47.4 Å². The van der Waals surface area contributed by atoms with E-state index in [2.05, 4.69) is 25.2 Å². The van der Waals surface area contributed by atoms with Gasteiger partial charge < -0.3 is 11.1 Å². The van der Waals surface area contributed by atoms with Crippen molar-refractivity contribution >= 4 is 29.7 Å². The summed E-state index contributed by atoms with van der Waals surface area (Å²) >= 11 is 1.84.